The van der Waals surface area contributed by atoms with Crippen LogP contribution in [0.3, 0.4) is 0 Å². The van der Waals surface area contributed by atoms with Crippen molar-refractivity contribution in [3.8, 4) is 23.0 Å². The number of carbonyl (C=O) groups is 1. The molecule has 0 fully saturated rings. The fourth-order valence-electron chi connectivity index (χ4n) is 2.12. The number of nitrogens with two attached hydrogens (primary N) is 1. The third-order valence-corrected chi connectivity index (χ3v) is 3.28. The summed E-state index contributed by atoms with van der Waals surface area (Å²) in [6.45, 7) is 0.126. The van der Waals surface area contributed by atoms with Crippen molar-refractivity contribution in [2.24, 2.45) is 0 Å². The van der Waals surface area contributed by atoms with Crippen LogP contribution in [0.4, 0.5) is 5.69 Å². The maximum absolute atomic E-state index is 12.1. The van der Waals surface area contributed by atoms with Gasteiger partial charge < -0.3 is 30.7 Å². The Balaban J connectivity index is 2.16. The third kappa shape index (κ3) is 3.39. The van der Waals surface area contributed by atoms with Gasteiger partial charge in [-0.1, -0.05) is 6.07 Å². The van der Waals surface area contributed by atoms with Crippen molar-refractivity contribution in [2.45, 2.75) is 6.54 Å². The van der Waals surface area contributed by atoms with Gasteiger partial charge in [-0.2, -0.15) is 0 Å². The highest BCUT2D eigenvalue weighted by Crippen LogP contribution is 2.37. The zero-order chi connectivity index (χ0) is 17.0. The quantitative estimate of drug-likeness (QED) is 0.492. The molecule has 2 rings (SSSR count). The summed E-state index contributed by atoms with van der Waals surface area (Å²) in [6, 6.07) is 7.64. The molecule has 1 amide bonds. The number of amides is 1. The van der Waals surface area contributed by atoms with Crippen molar-refractivity contribution in [3.63, 3.8) is 0 Å². The van der Waals surface area contributed by atoms with E-state index in [1.165, 1.54) is 32.4 Å². The van der Waals surface area contributed by atoms with Gasteiger partial charge in [-0.15, -0.1) is 0 Å². The third-order valence-electron chi connectivity index (χ3n) is 3.28. The van der Waals surface area contributed by atoms with Crippen molar-refractivity contribution in [3.05, 3.63) is 41.5 Å². The van der Waals surface area contributed by atoms with E-state index in [9.17, 15) is 15.0 Å². The van der Waals surface area contributed by atoms with Crippen molar-refractivity contribution in [1.82, 2.24) is 5.32 Å². The lowest BCUT2D eigenvalue weighted by atomic mass is 10.1. The number of aromatic hydroxyl groups is 2. The molecule has 23 heavy (non-hydrogen) atoms. The van der Waals surface area contributed by atoms with Gasteiger partial charge in [0.25, 0.3) is 5.91 Å². The SMILES string of the molecule is COc1cc(CNC(=O)c2cccc(N)c2O)cc(O)c1OC. The van der Waals surface area contributed by atoms with Gasteiger partial charge in [-0.3, -0.25) is 4.79 Å². The van der Waals surface area contributed by atoms with E-state index in [1.54, 1.807) is 12.1 Å². The van der Waals surface area contributed by atoms with Gasteiger partial charge in [-0.05, 0) is 29.8 Å². The van der Waals surface area contributed by atoms with E-state index in [-0.39, 0.29) is 35.0 Å². The highest BCUT2D eigenvalue weighted by Gasteiger charge is 2.15. The van der Waals surface area contributed by atoms with Crippen LogP contribution < -0.4 is 20.5 Å². The van der Waals surface area contributed by atoms with E-state index in [4.69, 9.17) is 15.2 Å². The fraction of sp³-hybridized carbons (Fsp3) is 0.188. The predicted octanol–water partition coefficient (Wildman–Crippen LogP) is 1.63. The first-order valence-electron chi connectivity index (χ1n) is 6.77. The summed E-state index contributed by atoms with van der Waals surface area (Å²) < 4.78 is 10.2. The van der Waals surface area contributed by atoms with Crippen LogP contribution in [0.5, 0.6) is 23.0 Å². The Morgan fingerprint density at radius 2 is 1.96 bits per heavy atom. The second-order valence-electron chi connectivity index (χ2n) is 4.78. The van der Waals surface area contributed by atoms with Gasteiger partial charge in [-0.25, -0.2) is 0 Å². The molecule has 0 saturated carbocycles. The largest absolute Gasteiger partial charge is 0.505 e. The molecule has 0 radical (unpaired) electrons. The average molecular weight is 318 g/mol. The minimum atomic E-state index is -0.482. The number of nitrogen functional groups attached to an aromatic ring is 1. The first kappa shape index (κ1) is 16.3. The van der Waals surface area contributed by atoms with Crippen LogP contribution in [0.25, 0.3) is 0 Å². The minimum Gasteiger partial charge on any atom is -0.505 e. The number of hydrogen-bond donors (Lipinski definition) is 4. The standard InChI is InChI=1S/C16H18N2O5/c1-22-13-7-9(6-12(19)15(13)23-2)8-18-16(21)10-4-3-5-11(17)14(10)20/h3-7,19-20H,8,17H2,1-2H3,(H,18,21). The maximum atomic E-state index is 12.1. The first-order chi connectivity index (χ1) is 11.0. The number of anilines is 1. The number of methoxy groups -OCH3 is 2. The summed E-state index contributed by atoms with van der Waals surface area (Å²) in [7, 11) is 2.87. The summed E-state index contributed by atoms with van der Waals surface area (Å²) in [5.41, 5.74) is 6.37. The number of hydrogen-bond acceptors (Lipinski definition) is 6. The second-order valence-corrected chi connectivity index (χ2v) is 4.78. The normalized spacial score (nSPS) is 10.2. The van der Waals surface area contributed by atoms with Crippen molar-refractivity contribution >= 4 is 11.6 Å². The topological polar surface area (TPSA) is 114 Å². The molecule has 0 aliphatic carbocycles. The highest BCUT2D eigenvalue weighted by atomic mass is 16.5. The fourth-order valence-corrected chi connectivity index (χ4v) is 2.12. The van der Waals surface area contributed by atoms with Crippen molar-refractivity contribution < 1.29 is 24.5 Å². The Hall–Kier alpha value is -3.09. The maximum Gasteiger partial charge on any atom is 0.255 e. The monoisotopic (exact) mass is 318 g/mol. The van der Waals surface area contributed by atoms with Gasteiger partial charge in [0.2, 0.25) is 5.75 Å². The number of benzene rings is 2. The molecule has 2 aromatic carbocycles. The van der Waals surface area contributed by atoms with Gasteiger partial charge in [0.05, 0.1) is 25.5 Å². The van der Waals surface area contributed by atoms with Crippen LogP contribution in [0.15, 0.2) is 30.3 Å². The Morgan fingerprint density at radius 1 is 1.22 bits per heavy atom. The molecular formula is C16H18N2O5. The van der Waals surface area contributed by atoms with Crippen molar-refractivity contribution in [2.75, 3.05) is 20.0 Å². The molecule has 0 unspecified atom stereocenters. The van der Waals surface area contributed by atoms with Crippen LogP contribution in [-0.4, -0.2) is 30.3 Å². The van der Waals surface area contributed by atoms with Crippen LogP contribution in [0, 0.1) is 0 Å². The van der Waals surface area contributed by atoms with E-state index in [2.05, 4.69) is 5.32 Å². The Bertz CT molecular complexity index is 731. The van der Waals surface area contributed by atoms with Crippen LogP contribution >= 0.6 is 0 Å². The molecule has 7 heteroatoms. The van der Waals surface area contributed by atoms with E-state index in [0.717, 1.165) is 0 Å². The molecule has 0 aromatic heterocycles. The average Bonchev–Trinajstić information content (AvgIpc) is 2.54. The lowest BCUT2D eigenvalue weighted by Crippen LogP contribution is -2.23. The summed E-state index contributed by atoms with van der Waals surface area (Å²) >= 11 is 0. The molecule has 0 saturated heterocycles. The lowest BCUT2D eigenvalue weighted by molar-refractivity contribution is 0.0948. The van der Waals surface area contributed by atoms with Crippen molar-refractivity contribution in [1.29, 1.82) is 0 Å². The first-order valence-corrected chi connectivity index (χ1v) is 6.77. The number of nitrogens with one attached hydrogen (secondary N) is 1. The zero-order valence-electron chi connectivity index (χ0n) is 12.8. The summed E-state index contributed by atoms with van der Waals surface area (Å²) in [6.07, 6.45) is 0. The molecule has 0 aliphatic rings. The molecule has 0 bridgehead atoms. The smallest absolute Gasteiger partial charge is 0.255 e. The predicted molar refractivity (Wildman–Crippen MR) is 84.9 cm³/mol. The molecule has 0 aliphatic heterocycles. The van der Waals surface area contributed by atoms with E-state index in [0.29, 0.717) is 11.3 Å². The van der Waals surface area contributed by atoms with Gasteiger partial charge >= 0.3 is 0 Å². The molecule has 122 valence electrons. The van der Waals surface area contributed by atoms with E-state index < -0.39 is 5.91 Å². The van der Waals surface area contributed by atoms with E-state index >= 15 is 0 Å². The summed E-state index contributed by atoms with van der Waals surface area (Å²) in [4.78, 5) is 12.1. The Morgan fingerprint density at radius 3 is 2.61 bits per heavy atom. The van der Waals surface area contributed by atoms with Crippen LogP contribution in [0.2, 0.25) is 0 Å². The van der Waals surface area contributed by atoms with Crippen LogP contribution in [0.1, 0.15) is 15.9 Å². The molecule has 0 atom stereocenters. The summed E-state index contributed by atoms with van der Waals surface area (Å²) in [5.74, 6) is -0.272. The highest BCUT2D eigenvalue weighted by molar-refractivity contribution is 5.98. The number of carbonyl (C=O) groups excluding carboxylic acids is 1. The van der Waals surface area contributed by atoms with Crippen LogP contribution in [-0.2, 0) is 6.54 Å². The lowest BCUT2D eigenvalue weighted by Gasteiger charge is -2.12. The molecular weight excluding hydrogens is 300 g/mol. The second kappa shape index (κ2) is 6.78. The Kier molecular flexibility index (Phi) is 4.80. The molecule has 0 heterocycles. The number of rotatable bonds is 5. The number of phenolic OH excluding ortho intramolecular Hbond substituents is 2. The number of para-hydroxylation sites is 1. The Labute approximate surface area is 133 Å². The zero-order valence-corrected chi connectivity index (χ0v) is 12.8. The molecule has 0 spiro atoms. The minimum absolute atomic E-state index is 0.0784. The van der Waals surface area contributed by atoms with Gasteiger partial charge in [0.15, 0.2) is 17.2 Å². The molecule has 7 nitrogen and oxygen atoms in total. The number of ether oxygens (including phenoxy) is 2. The van der Waals surface area contributed by atoms with Gasteiger partial charge in [0, 0.05) is 6.54 Å². The molecule has 5 N–H and O–H groups in total. The number of phenols is 2. The summed E-state index contributed by atoms with van der Waals surface area (Å²) in [5, 5.41) is 22.3. The van der Waals surface area contributed by atoms with E-state index in [1.807, 2.05) is 0 Å². The molecule has 2 aromatic rings. The van der Waals surface area contributed by atoms with Gasteiger partial charge in [0.1, 0.15) is 0 Å².